The van der Waals surface area contributed by atoms with Crippen molar-refractivity contribution in [1.29, 1.82) is 0 Å². The lowest BCUT2D eigenvalue weighted by Crippen LogP contribution is -2.44. The summed E-state index contributed by atoms with van der Waals surface area (Å²) in [6.45, 7) is 4.23. The van der Waals surface area contributed by atoms with Crippen LogP contribution < -0.4 is 5.32 Å². The van der Waals surface area contributed by atoms with Crippen molar-refractivity contribution in [2.24, 2.45) is 5.92 Å². The smallest absolute Gasteiger partial charge is 0.127 e. The first-order valence-electron chi connectivity index (χ1n) is 7.37. The fraction of sp³-hybridized carbons (Fsp3) is 0.625. The Kier molecular flexibility index (Phi) is 3.59. The van der Waals surface area contributed by atoms with Crippen LogP contribution in [0.2, 0.25) is 0 Å². The van der Waals surface area contributed by atoms with Gasteiger partial charge in [-0.25, -0.2) is 4.39 Å². The number of nitrogens with one attached hydrogen (secondary N) is 1. The zero-order chi connectivity index (χ0) is 13.3. The first kappa shape index (κ1) is 13.1. The minimum absolute atomic E-state index is 0.0204. The second-order valence-corrected chi connectivity index (χ2v) is 6.14. The van der Waals surface area contributed by atoms with Gasteiger partial charge in [-0.2, -0.15) is 0 Å². The molecule has 19 heavy (non-hydrogen) atoms. The fourth-order valence-electron chi connectivity index (χ4n) is 3.94. The Morgan fingerprint density at radius 2 is 2.00 bits per heavy atom. The Labute approximate surface area is 115 Å². The van der Waals surface area contributed by atoms with E-state index in [1.165, 1.54) is 12.8 Å². The van der Waals surface area contributed by atoms with Gasteiger partial charge in [0.15, 0.2) is 0 Å². The van der Waals surface area contributed by atoms with Crippen molar-refractivity contribution >= 4 is 0 Å². The average molecular weight is 262 g/mol. The van der Waals surface area contributed by atoms with Crippen LogP contribution in [0.3, 0.4) is 0 Å². The molecule has 1 atom stereocenters. The second kappa shape index (κ2) is 5.22. The van der Waals surface area contributed by atoms with E-state index in [2.05, 4.69) is 17.3 Å². The molecule has 2 saturated heterocycles. The van der Waals surface area contributed by atoms with Gasteiger partial charge in [-0.05, 0) is 63.5 Å². The molecule has 1 unspecified atom stereocenters. The molecule has 1 aromatic rings. The van der Waals surface area contributed by atoms with E-state index in [1.807, 2.05) is 12.1 Å². The summed E-state index contributed by atoms with van der Waals surface area (Å²) in [6.07, 6.45) is 3.45. The van der Waals surface area contributed by atoms with Crippen molar-refractivity contribution in [1.82, 2.24) is 10.2 Å². The maximum atomic E-state index is 14.3. The van der Waals surface area contributed by atoms with Gasteiger partial charge in [-0.1, -0.05) is 18.2 Å². The van der Waals surface area contributed by atoms with Crippen molar-refractivity contribution in [3.8, 4) is 0 Å². The number of rotatable bonds is 2. The number of hydrogen-bond acceptors (Lipinski definition) is 2. The van der Waals surface area contributed by atoms with Crippen molar-refractivity contribution < 1.29 is 4.39 Å². The van der Waals surface area contributed by atoms with E-state index >= 15 is 0 Å². The first-order chi connectivity index (χ1) is 9.22. The Bertz CT molecular complexity index is 432. The van der Waals surface area contributed by atoms with Gasteiger partial charge in [0.05, 0.1) is 0 Å². The van der Waals surface area contributed by atoms with E-state index in [4.69, 9.17) is 0 Å². The topological polar surface area (TPSA) is 15.3 Å². The van der Waals surface area contributed by atoms with Gasteiger partial charge < -0.3 is 10.2 Å². The highest BCUT2D eigenvalue weighted by atomic mass is 19.1. The summed E-state index contributed by atoms with van der Waals surface area (Å²) >= 11 is 0. The summed E-state index contributed by atoms with van der Waals surface area (Å²) < 4.78 is 14.3. The third-order valence-electron chi connectivity index (χ3n) is 5.10. The number of nitrogens with zero attached hydrogens (tertiary/aromatic N) is 1. The monoisotopic (exact) mass is 262 g/mol. The van der Waals surface area contributed by atoms with E-state index in [9.17, 15) is 4.39 Å². The van der Waals surface area contributed by atoms with Crippen LogP contribution in [-0.2, 0) is 5.41 Å². The van der Waals surface area contributed by atoms with Crippen LogP contribution in [0.5, 0.6) is 0 Å². The van der Waals surface area contributed by atoms with Gasteiger partial charge in [0.25, 0.3) is 0 Å². The second-order valence-electron chi connectivity index (χ2n) is 6.14. The molecule has 0 radical (unpaired) electrons. The SMILES string of the molecule is CN1CCC(C2(c3ccccc3F)CCNC2)CC1. The maximum absolute atomic E-state index is 14.3. The molecule has 104 valence electrons. The van der Waals surface area contributed by atoms with Crippen molar-refractivity contribution in [3.05, 3.63) is 35.6 Å². The molecule has 1 N–H and O–H groups in total. The standard InChI is InChI=1S/C16H23FN2/c1-19-10-6-13(7-11-19)16(8-9-18-12-16)14-4-2-3-5-15(14)17/h2-5,13,18H,6-12H2,1H3. The van der Waals surface area contributed by atoms with E-state index in [0.717, 1.165) is 38.2 Å². The normalized spacial score (nSPS) is 29.8. The van der Waals surface area contributed by atoms with Gasteiger partial charge in [0, 0.05) is 12.0 Å². The first-order valence-corrected chi connectivity index (χ1v) is 7.37. The molecular formula is C16H23FN2. The van der Waals surface area contributed by atoms with Crippen molar-refractivity contribution in [2.45, 2.75) is 24.7 Å². The summed E-state index contributed by atoms with van der Waals surface area (Å²) in [5.74, 6) is 0.584. The highest BCUT2D eigenvalue weighted by molar-refractivity contribution is 5.30. The molecule has 2 fully saturated rings. The highest BCUT2D eigenvalue weighted by Gasteiger charge is 2.44. The lowest BCUT2D eigenvalue weighted by atomic mass is 9.66. The molecule has 2 aliphatic rings. The van der Waals surface area contributed by atoms with Crippen LogP contribution in [-0.4, -0.2) is 38.1 Å². The molecule has 0 aromatic heterocycles. The van der Waals surface area contributed by atoms with Gasteiger partial charge in [-0.15, -0.1) is 0 Å². The van der Waals surface area contributed by atoms with Crippen LogP contribution in [0.15, 0.2) is 24.3 Å². The molecule has 2 heterocycles. The molecule has 2 nitrogen and oxygen atoms in total. The molecule has 0 spiro atoms. The minimum atomic E-state index is -0.0230. The lowest BCUT2D eigenvalue weighted by molar-refractivity contribution is 0.151. The predicted molar refractivity (Wildman–Crippen MR) is 75.8 cm³/mol. The highest BCUT2D eigenvalue weighted by Crippen LogP contribution is 2.43. The number of benzene rings is 1. The van der Waals surface area contributed by atoms with Crippen LogP contribution in [0.25, 0.3) is 0 Å². The zero-order valence-corrected chi connectivity index (χ0v) is 11.7. The van der Waals surface area contributed by atoms with Gasteiger partial charge in [0.2, 0.25) is 0 Å². The molecule has 0 amide bonds. The van der Waals surface area contributed by atoms with Gasteiger partial charge in [0.1, 0.15) is 5.82 Å². The third kappa shape index (κ3) is 2.30. The number of piperidine rings is 1. The molecule has 1 aromatic carbocycles. The fourth-order valence-corrected chi connectivity index (χ4v) is 3.94. The quantitative estimate of drug-likeness (QED) is 0.880. The third-order valence-corrected chi connectivity index (χ3v) is 5.10. The molecule has 0 bridgehead atoms. The Hall–Kier alpha value is -0.930. The van der Waals surface area contributed by atoms with E-state index in [0.29, 0.717) is 5.92 Å². The van der Waals surface area contributed by atoms with Gasteiger partial charge >= 0.3 is 0 Å². The van der Waals surface area contributed by atoms with Crippen LogP contribution in [0.4, 0.5) is 4.39 Å². The average Bonchev–Trinajstić information content (AvgIpc) is 2.90. The Balaban J connectivity index is 1.93. The van der Waals surface area contributed by atoms with E-state index in [-0.39, 0.29) is 11.2 Å². The lowest BCUT2D eigenvalue weighted by Gasteiger charge is -2.42. The van der Waals surface area contributed by atoms with Crippen LogP contribution in [0.1, 0.15) is 24.8 Å². The van der Waals surface area contributed by atoms with E-state index in [1.54, 1.807) is 12.1 Å². The molecule has 3 heteroatoms. The Morgan fingerprint density at radius 3 is 2.63 bits per heavy atom. The summed E-state index contributed by atoms with van der Waals surface area (Å²) in [6, 6.07) is 7.39. The predicted octanol–water partition coefficient (Wildman–Crippen LogP) is 2.40. The molecular weight excluding hydrogens is 239 g/mol. The largest absolute Gasteiger partial charge is 0.316 e. The molecule has 0 aliphatic carbocycles. The number of halogens is 1. The summed E-state index contributed by atoms with van der Waals surface area (Å²) in [5.41, 5.74) is 0.960. The molecule has 0 saturated carbocycles. The molecule has 2 aliphatic heterocycles. The van der Waals surface area contributed by atoms with E-state index < -0.39 is 0 Å². The van der Waals surface area contributed by atoms with Crippen LogP contribution in [0, 0.1) is 11.7 Å². The van der Waals surface area contributed by atoms with Gasteiger partial charge in [-0.3, -0.25) is 0 Å². The summed E-state index contributed by atoms with van der Waals surface area (Å²) in [4.78, 5) is 2.38. The number of likely N-dealkylation sites (tertiary alicyclic amines) is 1. The zero-order valence-electron chi connectivity index (χ0n) is 11.7. The van der Waals surface area contributed by atoms with Crippen LogP contribution >= 0.6 is 0 Å². The summed E-state index contributed by atoms with van der Waals surface area (Å²) in [5, 5.41) is 3.47. The Morgan fingerprint density at radius 1 is 1.26 bits per heavy atom. The minimum Gasteiger partial charge on any atom is -0.316 e. The molecule has 3 rings (SSSR count). The van der Waals surface area contributed by atoms with Crippen molar-refractivity contribution in [2.75, 3.05) is 33.2 Å². The number of hydrogen-bond donors (Lipinski definition) is 1. The van der Waals surface area contributed by atoms with Crippen molar-refractivity contribution in [3.63, 3.8) is 0 Å². The maximum Gasteiger partial charge on any atom is 0.127 e. The summed E-state index contributed by atoms with van der Waals surface area (Å²) in [7, 11) is 2.18.